The number of ketones is 3. The Morgan fingerprint density at radius 3 is 2.18 bits per heavy atom. The van der Waals surface area contributed by atoms with Crippen LogP contribution in [0.15, 0.2) is 29.0 Å². The first kappa shape index (κ1) is 33.4. The van der Waals surface area contributed by atoms with Gasteiger partial charge in [0.1, 0.15) is 22.8 Å². The maximum Gasteiger partial charge on any atom is 0.302 e. The number of esters is 1. The van der Waals surface area contributed by atoms with Crippen LogP contribution < -0.4 is 0 Å². The van der Waals surface area contributed by atoms with E-state index in [1.165, 1.54) is 13.8 Å². The van der Waals surface area contributed by atoms with Crippen molar-refractivity contribution in [2.45, 2.75) is 98.2 Å². The molecule has 3 aliphatic carbocycles. The van der Waals surface area contributed by atoms with Gasteiger partial charge in [-0.2, -0.15) is 0 Å². The molecular formula is C34H44O10. The van der Waals surface area contributed by atoms with Gasteiger partial charge in [-0.05, 0) is 42.6 Å². The van der Waals surface area contributed by atoms with Crippen LogP contribution in [0, 0.1) is 22.7 Å². The van der Waals surface area contributed by atoms with E-state index in [1.807, 2.05) is 13.8 Å². The normalized spacial score (nSPS) is 32.0. The molecule has 10 heteroatoms. The molecule has 0 heterocycles. The Bertz CT molecular complexity index is 1530. The molecule has 0 spiro atoms. The molecule has 1 saturated carbocycles. The first-order valence-electron chi connectivity index (χ1n) is 15.0. The summed E-state index contributed by atoms with van der Waals surface area (Å²) < 4.78 is 5.04. The van der Waals surface area contributed by atoms with Gasteiger partial charge >= 0.3 is 5.97 Å². The molecule has 0 saturated heterocycles. The van der Waals surface area contributed by atoms with Crippen LogP contribution in [0.1, 0.15) is 97.8 Å². The van der Waals surface area contributed by atoms with Gasteiger partial charge in [-0.3, -0.25) is 19.2 Å². The summed E-state index contributed by atoms with van der Waals surface area (Å²) in [6.07, 6.45) is -0.672. The van der Waals surface area contributed by atoms with Gasteiger partial charge in [0.25, 0.3) is 0 Å². The number of phenols is 1. The number of fused-ring (bicyclic) bond motifs is 3. The number of carbonyl (C=O) groups is 4. The summed E-state index contributed by atoms with van der Waals surface area (Å²) in [5, 5.41) is 59.4. The lowest BCUT2D eigenvalue weighted by Gasteiger charge is -2.63. The number of hydrogen-bond donors (Lipinski definition) is 5. The molecule has 0 bridgehead atoms. The number of aromatic hydroxyl groups is 1. The minimum absolute atomic E-state index is 0.0363. The lowest BCUT2D eigenvalue weighted by Crippen LogP contribution is -2.75. The zero-order chi connectivity index (χ0) is 33.5. The molecule has 0 amide bonds. The van der Waals surface area contributed by atoms with E-state index >= 15 is 0 Å². The van der Waals surface area contributed by atoms with Crippen molar-refractivity contribution in [2.75, 3.05) is 6.61 Å². The fraction of sp³-hybridized carbons (Fsp3) is 0.588. The molecule has 5 N–H and O–H groups in total. The van der Waals surface area contributed by atoms with Crippen molar-refractivity contribution in [1.82, 2.24) is 0 Å². The summed E-state index contributed by atoms with van der Waals surface area (Å²) >= 11 is 0. The van der Waals surface area contributed by atoms with Gasteiger partial charge in [0.2, 0.25) is 5.78 Å². The monoisotopic (exact) mass is 612 g/mol. The predicted octanol–water partition coefficient (Wildman–Crippen LogP) is 4.34. The minimum atomic E-state index is -2.93. The third-order valence-corrected chi connectivity index (χ3v) is 10.8. The Kier molecular flexibility index (Phi) is 8.01. The smallest absolute Gasteiger partial charge is 0.302 e. The maximum absolute atomic E-state index is 14.6. The van der Waals surface area contributed by atoms with E-state index in [1.54, 1.807) is 39.8 Å². The fourth-order valence-corrected chi connectivity index (χ4v) is 8.34. The number of phenolic OH excluding ortho intramolecular Hbond substituents is 1. The molecule has 240 valence electrons. The van der Waals surface area contributed by atoms with E-state index in [-0.39, 0.29) is 17.9 Å². The van der Waals surface area contributed by atoms with E-state index in [0.717, 1.165) is 6.92 Å². The number of benzene rings is 1. The van der Waals surface area contributed by atoms with Gasteiger partial charge in [-0.15, -0.1) is 0 Å². The molecule has 4 rings (SSSR count). The van der Waals surface area contributed by atoms with E-state index in [2.05, 4.69) is 0 Å². The van der Waals surface area contributed by atoms with Gasteiger partial charge in [0, 0.05) is 29.2 Å². The van der Waals surface area contributed by atoms with Crippen molar-refractivity contribution in [3.63, 3.8) is 0 Å². The summed E-state index contributed by atoms with van der Waals surface area (Å²) in [4.78, 5) is 52.0. The highest BCUT2D eigenvalue weighted by Crippen LogP contribution is 2.67. The number of aliphatic hydroxyl groups excluding tert-OH is 3. The molecule has 1 aromatic carbocycles. The SMILES string of the molecule is CC(=O)OCCCC(C)(C)c1ccc2c(c1O)C(O)=C1C(=O)[C@@]3(O)C(O)=C(C(C)=O)C(=O)C(C(C)C)[C@@]3(C)[C@H](O)[C@@]1(C)[C@@H]2C. The van der Waals surface area contributed by atoms with Crippen LogP contribution >= 0.6 is 0 Å². The summed E-state index contributed by atoms with van der Waals surface area (Å²) in [6, 6.07) is 3.45. The van der Waals surface area contributed by atoms with Crippen LogP contribution in [-0.4, -0.2) is 67.2 Å². The molecule has 0 aromatic heterocycles. The molecule has 0 radical (unpaired) electrons. The zero-order valence-corrected chi connectivity index (χ0v) is 26.9. The maximum atomic E-state index is 14.6. The average molecular weight is 613 g/mol. The Balaban J connectivity index is 1.99. The van der Waals surface area contributed by atoms with Gasteiger partial charge in [-0.25, -0.2) is 0 Å². The summed E-state index contributed by atoms with van der Waals surface area (Å²) in [5.41, 5.74) is -7.41. The first-order chi connectivity index (χ1) is 20.1. The second-order valence-corrected chi connectivity index (χ2v) is 14.1. The molecule has 44 heavy (non-hydrogen) atoms. The summed E-state index contributed by atoms with van der Waals surface area (Å²) in [6.45, 7) is 14.3. The van der Waals surface area contributed by atoms with E-state index in [4.69, 9.17) is 4.74 Å². The molecule has 0 aliphatic heterocycles. The van der Waals surface area contributed by atoms with E-state index in [9.17, 15) is 44.7 Å². The highest BCUT2D eigenvalue weighted by atomic mass is 16.5. The van der Waals surface area contributed by atoms with E-state index < -0.39 is 91.7 Å². The lowest BCUT2D eigenvalue weighted by atomic mass is 9.40. The number of carbonyl (C=O) groups excluding carboxylic acids is 4. The second kappa shape index (κ2) is 10.5. The molecular weight excluding hydrogens is 568 g/mol. The third kappa shape index (κ3) is 4.13. The quantitative estimate of drug-likeness (QED) is 0.169. The third-order valence-electron chi connectivity index (χ3n) is 10.8. The van der Waals surface area contributed by atoms with E-state index in [0.29, 0.717) is 24.0 Å². The standard InChI is InChI=1S/C34H44O10/c1-15(2)23-26(38)21(17(4)35)28(40)34(43)29(41)24-27(39)22-19(16(3)32(24,8)30(42)33(23,34)9)11-12-20(25(22)37)31(6,7)13-10-14-44-18(5)36/h11-12,15-16,23,30,37,39-40,42-43H,10,13-14H2,1-9H3/t16-,23?,30-,32+,33+,34+/m1/s1. The average Bonchev–Trinajstić information content (AvgIpc) is 2.91. The number of ether oxygens (including phenoxy) is 1. The topological polar surface area (TPSA) is 179 Å². The van der Waals surface area contributed by atoms with Gasteiger partial charge in [0.15, 0.2) is 17.2 Å². The van der Waals surface area contributed by atoms with Crippen LogP contribution in [0.25, 0.3) is 5.76 Å². The van der Waals surface area contributed by atoms with Gasteiger partial charge < -0.3 is 30.3 Å². The van der Waals surface area contributed by atoms with Crippen molar-refractivity contribution in [3.8, 4) is 5.75 Å². The highest BCUT2D eigenvalue weighted by molar-refractivity contribution is 6.24. The fourth-order valence-electron chi connectivity index (χ4n) is 8.34. The van der Waals surface area contributed by atoms with Gasteiger partial charge in [0.05, 0.1) is 23.8 Å². The summed E-state index contributed by atoms with van der Waals surface area (Å²) in [5.74, 6) is -7.79. The van der Waals surface area contributed by atoms with Crippen molar-refractivity contribution >= 4 is 29.1 Å². The van der Waals surface area contributed by atoms with Crippen LogP contribution in [0.4, 0.5) is 0 Å². The Labute approximate surface area is 257 Å². The van der Waals surface area contributed by atoms with Crippen LogP contribution in [0.5, 0.6) is 5.75 Å². The number of rotatable bonds is 7. The molecule has 10 nitrogen and oxygen atoms in total. The second-order valence-electron chi connectivity index (χ2n) is 14.1. The number of allylic oxidation sites excluding steroid dienone is 1. The summed E-state index contributed by atoms with van der Waals surface area (Å²) in [7, 11) is 0. The number of aliphatic hydroxyl groups is 4. The van der Waals surface area contributed by atoms with Crippen LogP contribution in [0.2, 0.25) is 0 Å². The Morgan fingerprint density at radius 1 is 1.07 bits per heavy atom. The van der Waals surface area contributed by atoms with Crippen LogP contribution in [0.3, 0.4) is 0 Å². The Hall–Kier alpha value is -3.50. The highest BCUT2D eigenvalue weighted by Gasteiger charge is 2.77. The van der Waals surface area contributed by atoms with Crippen LogP contribution in [-0.2, 0) is 29.3 Å². The van der Waals surface area contributed by atoms with Crippen molar-refractivity contribution < 1.29 is 49.4 Å². The Morgan fingerprint density at radius 2 is 1.66 bits per heavy atom. The number of Topliss-reactive ketones (excluding diaryl/α,β-unsaturated/α-hetero) is 3. The molecule has 1 unspecified atom stereocenters. The molecule has 1 fully saturated rings. The lowest BCUT2D eigenvalue weighted by molar-refractivity contribution is -0.215. The van der Waals surface area contributed by atoms with Crippen molar-refractivity contribution in [3.05, 3.63) is 45.7 Å². The number of hydrogen-bond acceptors (Lipinski definition) is 10. The zero-order valence-electron chi connectivity index (χ0n) is 26.9. The largest absolute Gasteiger partial charge is 0.508 e. The van der Waals surface area contributed by atoms with Gasteiger partial charge in [-0.1, -0.05) is 60.6 Å². The van der Waals surface area contributed by atoms with Crippen molar-refractivity contribution in [1.29, 1.82) is 0 Å². The van der Waals surface area contributed by atoms with Crippen molar-refractivity contribution in [2.24, 2.45) is 22.7 Å². The molecule has 1 aromatic rings. The first-order valence-corrected chi connectivity index (χ1v) is 15.0. The molecule has 6 atom stereocenters. The predicted molar refractivity (Wildman–Crippen MR) is 161 cm³/mol. The molecule has 3 aliphatic rings. The minimum Gasteiger partial charge on any atom is -0.508 e.